The monoisotopic (exact) mass is 311 g/mol. The summed E-state index contributed by atoms with van der Waals surface area (Å²) in [5.41, 5.74) is 0. The molecule has 0 bridgehead atoms. The molecule has 1 aliphatic rings. The molecule has 1 aromatic rings. The van der Waals surface area contributed by atoms with E-state index < -0.39 is 9.84 Å². The van der Waals surface area contributed by atoms with E-state index in [-0.39, 0.29) is 17.5 Å². The molecule has 6 heteroatoms. The van der Waals surface area contributed by atoms with E-state index in [1.54, 1.807) is 6.92 Å². The van der Waals surface area contributed by atoms with Gasteiger partial charge in [-0.15, -0.1) is 0 Å². The minimum Gasteiger partial charge on any atom is -0.357 e. The smallest absolute Gasteiger partial charge is 0.151 e. The number of piperidine rings is 1. The summed E-state index contributed by atoms with van der Waals surface area (Å²) < 4.78 is 23.3. The van der Waals surface area contributed by atoms with Gasteiger partial charge in [0.05, 0.1) is 5.75 Å². The maximum absolute atomic E-state index is 11.6. The topological polar surface area (TPSA) is 62.3 Å². The molecule has 0 amide bonds. The van der Waals surface area contributed by atoms with Crippen LogP contribution in [0.4, 0.5) is 5.82 Å². The van der Waals surface area contributed by atoms with E-state index in [9.17, 15) is 8.42 Å². The molecule has 2 rings (SSSR count). The van der Waals surface area contributed by atoms with Crippen LogP contribution in [0.2, 0.25) is 0 Å². The molecule has 1 saturated heterocycles. The van der Waals surface area contributed by atoms with Crippen molar-refractivity contribution in [3.05, 3.63) is 24.4 Å². The van der Waals surface area contributed by atoms with Gasteiger partial charge in [0.25, 0.3) is 0 Å². The number of rotatable bonds is 6. The van der Waals surface area contributed by atoms with E-state index in [0.29, 0.717) is 6.04 Å². The molecule has 0 radical (unpaired) electrons. The van der Waals surface area contributed by atoms with Crippen LogP contribution in [-0.2, 0) is 9.84 Å². The Balaban J connectivity index is 1.79. The first kappa shape index (κ1) is 16.2. The lowest BCUT2D eigenvalue weighted by Crippen LogP contribution is -2.47. The van der Waals surface area contributed by atoms with Crippen LogP contribution in [0.5, 0.6) is 0 Å². The van der Waals surface area contributed by atoms with Crippen LogP contribution < -0.4 is 10.2 Å². The molecule has 5 nitrogen and oxygen atoms in total. The van der Waals surface area contributed by atoms with Crippen molar-refractivity contribution in [1.82, 2.24) is 10.3 Å². The zero-order valence-corrected chi connectivity index (χ0v) is 13.6. The lowest BCUT2D eigenvalue weighted by Gasteiger charge is -2.34. The van der Waals surface area contributed by atoms with Crippen LogP contribution in [0, 0.1) is 0 Å². The molecule has 1 aromatic heterocycles. The minimum absolute atomic E-state index is 0.0151. The SMILES string of the molecule is CCS(=O)(=O)CC(C)NC1CCN(c2ccccn2)CC1. The summed E-state index contributed by atoms with van der Waals surface area (Å²) in [7, 11) is -2.91. The predicted octanol–water partition coefficient (Wildman–Crippen LogP) is 1.46. The van der Waals surface area contributed by atoms with Crippen molar-refractivity contribution in [2.24, 2.45) is 0 Å². The molecule has 0 aliphatic carbocycles. The molecular formula is C15H25N3O2S. The summed E-state index contributed by atoms with van der Waals surface area (Å²) in [5.74, 6) is 1.47. The van der Waals surface area contributed by atoms with Gasteiger partial charge < -0.3 is 10.2 Å². The van der Waals surface area contributed by atoms with Gasteiger partial charge in [0.1, 0.15) is 5.82 Å². The summed E-state index contributed by atoms with van der Waals surface area (Å²) in [6.45, 7) is 5.58. The van der Waals surface area contributed by atoms with Crippen molar-refractivity contribution < 1.29 is 8.42 Å². The van der Waals surface area contributed by atoms with Crippen molar-refractivity contribution in [2.75, 3.05) is 29.5 Å². The van der Waals surface area contributed by atoms with Crippen molar-refractivity contribution in [3.8, 4) is 0 Å². The number of hydrogen-bond acceptors (Lipinski definition) is 5. The van der Waals surface area contributed by atoms with Gasteiger partial charge in [-0.25, -0.2) is 13.4 Å². The maximum Gasteiger partial charge on any atom is 0.151 e. The highest BCUT2D eigenvalue weighted by molar-refractivity contribution is 7.91. The normalized spacial score (nSPS) is 18.7. The summed E-state index contributed by atoms with van der Waals surface area (Å²) in [6, 6.07) is 6.37. The van der Waals surface area contributed by atoms with Crippen LogP contribution in [-0.4, -0.2) is 50.1 Å². The molecular weight excluding hydrogens is 286 g/mol. The fraction of sp³-hybridized carbons (Fsp3) is 0.667. The van der Waals surface area contributed by atoms with Gasteiger partial charge in [0, 0.05) is 37.1 Å². The van der Waals surface area contributed by atoms with E-state index in [0.717, 1.165) is 31.7 Å². The average molecular weight is 311 g/mol. The molecule has 0 spiro atoms. The fourth-order valence-electron chi connectivity index (χ4n) is 2.77. The number of pyridine rings is 1. The van der Waals surface area contributed by atoms with Gasteiger partial charge in [-0.1, -0.05) is 13.0 Å². The summed E-state index contributed by atoms with van der Waals surface area (Å²) in [5, 5.41) is 3.46. The molecule has 118 valence electrons. The summed E-state index contributed by atoms with van der Waals surface area (Å²) in [6.07, 6.45) is 3.86. The number of nitrogens with one attached hydrogen (secondary N) is 1. The third kappa shape index (κ3) is 4.97. The third-order valence-corrected chi connectivity index (χ3v) is 5.82. The molecule has 1 unspecified atom stereocenters. The van der Waals surface area contributed by atoms with E-state index in [1.165, 1.54) is 0 Å². The molecule has 1 atom stereocenters. The molecule has 1 fully saturated rings. The highest BCUT2D eigenvalue weighted by atomic mass is 32.2. The second kappa shape index (κ2) is 7.22. The van der Waals surface area contributed by atoms with E-state index in [4.69, 9.17) is 0 Å². The van der Waals surface area contributed by atoms with Gasteiger partial charge in [0.2, 0.25) is 0 Å². The lowest BCUT2D eigenvalue weighted by molar-refractivity contribution is 0.386. The van der Waals surface area contributed by atoms with Gasteiger partial charge in [-0.3, -0.25) is 0 Å². The van der Waals surface area contributed by atoms with E-state index in [2.05, 4.69) is 15.2 Å². The van der Waals surface area contributed by atoms with E-state index in [1.807, 2.05) is 31.3 Å². The third-order valence-electron chi connectivity index (χ3n) is 3.93. The van der Waals surface area contributed by atoms with Crippen LogP contribution in [0.15, 0.2) is 24.4 Å². The highest BCUT2D eigenvalue weighted by Gasteiger charge is 2.22. The van der Waals surface area contributed by atoms with Gasteiger partial charge >= 0.3 is 0 Å². The Hall–Kier alpha value is -1.14. The second-order valence-corrected chi connectivity index (χ2v) is 8.11. The van der Waals surface area contributed by atoms with Crippen LogP contribution in [0.3, 0.4) is 0 Å². The van der Waals surface area contributed by atoms with Crippen molar-refractivity contribution >= 4 is 15.7 Å². The minimum atomic E-state index is -2.91. The second-order valence-electron chi connectivity index (χ2n) is 5.72. The Bertz CT molecular complexity index is 525. The van der Waals surface area contributed by atoms with Gasteiger partial charge in [0.15, 0.2) is 9.84 Å². The molecule has 2 heterocycles. The standard InChI is InChI=1S/C15H25N3O2S/c1-3-21(19,20)12-13(2)17-14-7-10-18(11-8-14)15-6-4-5-9-16-15/h4-6,9,13-14,17H,3,7-8,10-12H2,1-2H3. The van der Waals surface area contributed by atoms with Crippen molar-refractivity contribution in [2.45, 2.75) is 38.8 Å². The van der Waals surface area contributed by atoms with Crippen LogP contribution >= 0.6 is 0 Å². The van der Waals surface area contributed by atoms with Gasteiger partial charge in [-0.2, -0.15) is 0 Å². The molecule has 1 aliphatic heterocycles. The van der Waals surface area contributed by atoms with Crippen LogP contribution in [0.1, 0.15) is 26.7 Å². The molecule has 0 saturated carbocycles. The Morgan fingerprint density at radius 3 is 2.67 bits per heavy atom. The van der Waals surface area contributed by atoms with Gasteiger partial charge in [-0.05, 0) is 31.9 Å². The number of anilines is 1. The summed E-state index contributed by atoms with van der Waals surface area (Å²) >= 11 is 0. The Labute approximate surface area is 127 Å². The maximum atomic E-state index is 11.6. The molecule has 0 aromatic carbocycles. The zero-order chi connectivity index (χ0) is 15.3. The number of hydrogen-bond donors (Lipinski definition) is 1. The van der Waals surface area contributed by atoms with Crippen molar-refractivity contribution in [3.63, 3.8) is 0 Å². The lowest BCUT2D eigenvalue weighted by atomic mass is 10.0. The first-order valence-corrected chi connectivity index (χ1v) is 9.45. The van der Waals surface area contributed by atoms with E-state index >= 15 is 0 Å². The Morgan fingerprint density at radius 2 is 2.10 bits per heavy atom. The summed E-state index contributed by atoms with van der Waals surface area (Å²) in [4.78, 5) is 6.66. The predicted molar refractivity (Wildman–Crippen MR) is 86.4 cm³/mol. The highest BCUT2D eigenvalue weighted by Crippen LogP contribution is 2.17. The number of nitrogens with zero attached hydrogens (tertiary/aromatic N) is 2. The largest absolute Gasteiger partial charge is 0.357 e. The Morgan fingerprint density at radius 1 is 1.38 bits per heavy atom. The fourth-order valence-corrected chi connectivity index (χ4v) is 3.86. The van der Waals surface area contributed by atoms with Crippen LogP contribution in [0.25, 0.3) is 0 Å². The molecule has 1 N–H and O–H groups in total. The Kier molecular flexibility index (Phi) is 5.58. The van der Waals surface area contributed by atoms with Crippen molar-refractivity contribution in [1.29, 1.82) is 0 Å². The first-order chi connectivity index (χ1) is 10.00. The number of sulfone groups is 1. The first-order valence-electron chi connectivity index (χ1n) is 7.62. The molecule has 21 heavy (non-hydrogen) atoms. The zero-order valence-electron chi connectivity index (χ0n) is 12.8. The average Bonchev–Trinajstić information content (AvgIpc) is 2.48. The number of aromatic nitrogens is 1. The quantitative estimate of drug-likeness (QED) is 0.862.